The van der Waals surface area contributed by atoms with Crippen molar-refractivity contribution in [1.82, 2.24) is 5.32 Å². The van der Waals surface area contributed by atoms with E-state index in [2.05, 4.69) is 28.4 Å². The lowest BCUT2D eigenvalue weighted by molar-refractivity contribution is -0.125. The fourth-order valence-corrected chi connectivity index (χ4v) is 3.57. The van der Waals surface area contributed by atoms with E-state index in [1.165, 1.54) is 36.1 Å². The highest BCUT2D eigenvalue weighted by Gasteiger charge is 2.28. The van der Waals surface area contributed by atoms with Gasteiger partial charge >= 0.3 is 6.18 Å². The minimum atomic E-state index is -4.11. The van der Waals surface area contributed by atoms with Gasteiger partial charge in [0, 0.05) is 25.3 Å². The van der Waals surface area contributed by atoms with Crippen molar-refractivity contribution in [2.45, 2.75) is 38.3 Å². The monoisotopic (exact) mass is 312 g/mol. The van der Waals surface area contributed by atoms with Crippen molar-refractivity contribution in [3.63, 3.8) is 0 Å². The van der Waals surface area contributed by atoms with E-state index in [9.17, 15) is 13.2 Å². The summed E-state index contributed by atoms with van der Waals surface area (Å²) in [7, 11) is 0. The first kappa shape index (κ1) is 15.7. The van der Waals surface area contributed by atoms with Gasteiger partial charge in [0.2, 0.25) is 0 Å². The van der Waals surface area contributed by atoms with Gasteiger partial charge in [-0.1, -0.05) is 6.07 Å². The molecule has 22 heavy (non-hydrogen) atoms. The molecule has 1 saturated heterocycles. The van der Waals surface area contributed by atoms with Crippen LogP contribution in [-0.4, -0.2) is 32.4 Å². The quantitative estimate of drug-likeness (QED) is 0.915. The molecular formula is C17H23F3N2. The SMILES string of the molecule is FC(F)(F)CNCC1CCN(c2ccc3c(c2)CCCC3)C1. The molecule has 2 nitrogen and oxygen atoms in total. The van der Waals surface area contributed by atoms with Crippen LogP contribution in [0.2, 0.25) is 0 Å². The summed E-state index contributed by atoms with van der Waals surface area (Å²) in [6.45, 7) is 1.35. The average Bonchev–Trinajstić information content (AvgIpc) is 2.94. The summed E-state index contributed by atoms with van der Waals surface area (Å²) >= 11 is 0. The van der Waals surface area contributed by atoms with Crippen LogP contribution in [0.4, 0.5) is 18.9 Å². The van der Waals surface area contributed by atoms with Crippen molar-refractivity contribution >= 4 is 5.69 Å². The van der Waals surface area contributed by atoms with E-state index < -0.39 is 12.7 Å². The van der Waals surface area contributed by atoms with Crippen molar-refractivity contribution in [2.75, 3.05) is 31.1 Å². The zero-order valence-electron chi connectivity index (χ0n) is 12.8. The van der Waals surface area contributed by atoms with Crippen LogP contribution in [0.5, 0.6) is 0 Å². The lowest BCUT2D eigenvalue weighted by Gasteiger charge is -2.23. The van der Waals surface area contributed by atoms with E-state index >= 15 is 0 Å². The second-order valence-corrected chi connectivity index (χ2v) is 6.51. The topological polar surface area (TPSA) is 15.3 Å². The maximum absolute atomic E-state index is 12.2. The van der Waals surface area contributed by atoms with Gasteiger partial charge in [-0.15, -0.1) is 0 Å². The van der Waals surface area contributed by atoms with Gasteiger partial charge in [-0.3, -0.25) is 0 Å². The van der Waals surface area contributed by atoms with Gasteiger partial charge in [0.15, 0.2) is 0 Å². The molecule has 0 amide bonds. The number of anilines is 1. The molecule has 1 fully saturated rings. The molecule has 1 heterocycles. The van der Waals surface area contributed by atoms with Crippen LogP contribution < -0.4 is 10.2 Å². The van der Waals surface area contributed by atoms with Gasteiger partial charge in [-0.05, 0) is 61.3 Å². The Hall–Kier alpha value is -1.23. The van der Waals surface area contributed by atoms with Gasteiger partial charge < -0.3 is 10.2 Å². The number of halogens is 3. The molecule has 1 aromatic rings. The number of alkyl halides is 3. The molecule has 0 bridgehead atoms. The molecule has 3 rings (SSSR count). The summed E-state index contributed by atoms with van der Waals surface area (Å²) < 4.78 is 36.5. The molecule has 5 heteroatoms. The Morgan fingerprint density at radius 1 is 1.14 bits per heavy atom. The maximum Gasteiger partial charge on any atom is 0.401 e. The maximum atomic E-state index is 12.2. The Balaban J connectivity index is 1.54. The Kier molecular flexibility index (Phi) is 4.62. The third-order valence-electron chi connectivity index (χ3n) is 4.74. The van der Waals surface area contributed by atoms with Gasteiger partial charge in [0.25, 0.3) is 0 Å². The van der Waals surface area contributed by atoms with Crippen LogP contribution >= 0.6 is 0 Å². The summed E-state index contributed by atoms with van der Waals surface area (Å²) in [4.78, 5) is 2.31. The highest BCUT2D eigenvalue weighted by Crippen LogP contribution is 2.29. The van der Waals surface area contributed by atoms with E-state index in [0.29, 0.717) is 12.5 Å². The molecule has 0 radical (unpaired) electrons. The summed E-state index contributed by atoms with van der Waals surface area (Å²) in [5, 5.41) is 2.54. The predicted octanol–water partition coefficient (Wildman–Crippen LogP) is 3.54. The number of hydrogen-bond acceptors (Lipinski definition) is 2. The van der Waals surface area contributed by atoms with Gasteiger partial charge in [-0.2, -0.15) is 13.2 Å². The van der Waals surface area contributed by atoms with E-state index in [0.717, 1.165) is 25.9 Å². The molecular weight excluding hydrogens is 289 g/mol. The number of fused-ring (bicyclic) bond motifs is 1. The molecule has 1 N–H and O–H groups in total. The number of nitrogens with one attached hydrogen (secondary N) is 1. The molecule has 1 unspecified atom stereocenters. The molecule has 2 aliphatic rings. The van der Waals surface area contributed by atoms with Crippen LogP contribution in [-0.2, 0) is 12.8 Å². The molecule has 1 aliphatic heterocycles. The van der Waals surface area contributed by atoms with Gasteiger partial charge in [-0.25, -0.2) is 0 Å². The van der Waals surface area contributed by atoms with Crippen LogP contribution in [0.3, 0.4) is 0 Å². The Bertz CT molecular complexity index is 513. The second kappa shape index (κ2) is 6.49. The fourth-order valence-electron chi connectivity index (χ4n) is 3.57. The molecule has 1 aliphatic carbocycles. The average molecular weight is 312 g/mol. The van der Waals surface area contributed by atoms with Gasteiger partial charge in [0.1, 0.15) is 0 Å². The number of rotatable bonds is 4. The van der Waals surface area contributed by atoms with Crippen LogP contribution in [0, 0.1) is 5.92 Å². The minimum Gasteiger partial charge on any atom is -0.371 e. The lowest BCUT2D eigenvalue weighted by Crippen LogP contribution is -2.33. The van der Waals surface area contributed by atoms with E-state index in [1.807, 2.05) is 0 Å². The normalized spacial score (nSPS) is 22.0. The lowest BCUT2D eigenvalue weighted by atomic mass is 9.91. The minimum absolute atomic E-state index is 0.304. The van der Waals surface area contributed by atoms with Crippen molar-refractivity contribution in [2.24, 2.45) is 5.92 Å². The third-order valence-corrected chi connectivity index (χ3v) is 4.74. The summed E-state index contributed by atoms with van der Waals surface area (Å²) in [5.74, 6) is 0.304. The Morgan fingerprint density at radius 2 is 1.91 bits per heavy atom. The Labute approximate surface area is 129 Å². The number of nitrogens with zero attached hydrogens (tertiary/aromatic N) is 1. The first-order chi connectivity index (χ1) is 10.5. The molecule has 1 aromatic carbocycles. The van der Waals surface area contributed by atoms with E-state index in [4.69, 9.17) is 0 Å². The molecule has 122 valence electrons. The second-order valence-electron chi connectivity index (χ2n) is 6.51. The molecule has 0 aromatic heterocycles. The predicted molar refractivity (Wildman–Crippen MR) is 82.3 cm³/mol. The number of hydrogen-bond donors (Lipinski definition) is 1. The van der Waals surface area contributed by atoms with Crippen LogP contribution in [0.1, 0.15) is 30.4 Å². The van der Waals surface area contributed by atoms with Crippen LogP contribution in [0.15, 0.2) is 18.2 Å². The zero-order valence-corrected chi connectivity index (χ0v) is 12.8. The summed E-state index contributed by atoms with van der Waals surface area (Å²) in [5.41, 5.74) is 4.17. The summed E-state index contributed by atoms with van der Waals surface area (Å²) in [6.07, 6.45) is 1.73. The molecule has 0 saturated carbocycles. The van der Waals surface area contributed by atoms with Crippen molar-refractivity contribution in [3.05, 3.63) is 29.3 Å². The number of aryl methyl sites for hydroxylation is 2. The number of benzene rings is 1. The Morgan fingerprint density at radius 3 is 2.68 bits per heavy atom. The van der Waals surface area contributed by atoms with Crippen molar-refractivity contribution < 1.29 is 13.2 Å². The van der Waals surface area contributed by atoms with Crippen LogP contribution in [0.25, 0.3) is 0 Å². The third kappa shape index (κ3) is 3.94. The first-order valence-electron chi connectivity index (χ1n) is 8.15. The van der Waals surface area contributed by atoms with Crippen molar-refractivity contribution in [3.8, 4) is 0 Å². The fraction of sp³-hybridized carbons (Fsp3) is 0.647. The zero-order chi connectivity index (χ0) is 15.6. The highest BCUT2D eigenvalue weighted by molar-refractivity contribution is 5.52. The van der Waals surface area contributed by atoms with E-state index in [1.54, 1.807) is 0 Å². The smallest absolute Gasteiger partial charge is 0.371 e. The van der Waals surface area contributed by atoms with Crippen molar-refractivity contribution in [1.29, 1.82) is 0 Å². The highest BCUT2D eigenvalue weighted by atomic mass is 19.4. The van der Waals surface area contributed by atoms with Gasteiger partial charge in [0.05, 0.1) is 6.54 Å². The standard InChI is InChI=1S/C17H23F3N2/c18-17(19,20)12-21-10-13-7-8-22(11-13)16-6-5-14-3-1-2-4-15(14)9-16/h5-6,9,13,21H,1-4,7-8,10-12H2. The molecule has 1 atom stereocenters. The first-order valence-corrected chi connectivity index (χ1v) is 8.15. The van der Waals surface area contributed by atoms with E-state index in [-0.39, 0.29) is 0 Å². The largest absolute Gasteiger partial charge is 0.401 e. The molecule has 0 spiro atoms. The summed E-state index contributed by atoms with van der Waals surface area (Å²) in [6, 6.07) is 6.70.